The Bertz CT molecular complexity index is 872. The van der Waals surface area contributed by atoms with Gasteiger partial charge in [-0.05, 0) is 55.3 Å². The Morgan fingerprint density at radius 2 is 1.64 bits per heavy atom. The van der Waals surface area contributed by atoms with E-state index in [0.29, 0.717) is 42.5 Å². The number of halogens is 2. The summed E-state index contributed by atoms with van der Waals surface area (Å²) < 4.78 is 18.9. The molecular weight excluding hydrogens is 383 g/mol. The van der Waals surface area contributed by atoms with E-state index in [-0.39, 0.29) is 18.4 Å². The molecule has 1 fully saturated rings. The van der Waals surface area contributed by atoms with Gasteiger partial charge in [0.05, 0.1) is 0 Å². The molecule has 28 heavy (non-hydrogen) atoms. The van der Waals surface area contributed by atoms with E-state index in [1.54, 1.807) is 28.0 Å². The molecule has 2 amide bonds. The zero-order valence-electron chi connectivity index (χ0n) is 15.9. The van der Waals surface area contributed by atoms with Crippen LogP contribution < -0.4 is 4.74 Å². The summed E-state index contributed by atoms with van der Waals surface area (Å²) in [7, 11) is 0. The monoisotopic (exact) mass is 404 g/mol. The normalized spacial score (nSPS) is 14.1. The maximum atomic E-state index is 13.3. The van der Waals surface area contributed by atoms with Crippen LogP contribution in [0.3, 0.4) is 0 Å². The molecule has 0 aliphatic carbocycles. The lowest BCUT2D eigenvalue weighted by Crippen LogP contribution is -2.51. The molecule has 2 aromatic rings. The number of amides is 2. The molecule has 5 nitrogen and oxygen atoms in total. The van der Waals surface area contributed by atoms with Gasteiger partial charge in [0.15, 0.2) is 6.61 Å². The molecule has 1 aliphatic rings. The molecule has 0 saturated carbocycles. The van der Waals surface area contributed by atoms with Crippen LogP contribution in [0, 0.1) is 19.7 Å². The van der Waals surface area contributed by atoms with E-state index in [2.05, 4.69) is 0 Å². The zero-order chi connectivity index (χ0) is 20.3. The lowest BCUT2D eigenvalue weighted by atomic mass is 10.1. The third-order valence-electron chi connectivity index (χ3n) is 4.76. The van der Waals surface area contributed by atoms with Crippen molar-refractivity contribution in [3.05, 3.63) is 63.9 Å². The van der Waals surface area contributed by atoms with Gasteiger partial charge in [0.1, 0.15) is 11.6 Å². The molecule has 0 aromatic heterocycles. The van der Waals surface area contributed by atoms with Crippen LogP contribution >= 0.6 is 11.6 Å². The summed E-state index contributed by atoms with van der Waals surface area (Å²) in [6.07, 6.45) is 0. The third-order valence-corrected chi connectivity index (χ3v) is 5.36. The summed E-state index contributed by atoms with van der Waals surface area (Å²) in [5.74, 6) is -0.199. The molecule has 1 heterocycles. The number of piperazine rings is 1. The highest BCUT2D eigenvalue weighted by Crippen LogP contribution is 2.25. The number of benzene rings is 2. The Balaban J connectivity index is 1.52. The van der Waals surface area contributed by atoms with Gasteiger partial charge in [0, 0.05) is 36.8 Å². The minimum atomic E-state index is -0.440. The average Bonchev–Trinajstić information content (AvgIpc) is 2.69. The Labute approximate surface area is 168 Å². The Kier molecular flexibility index (Phi) is 6.19. The maximum Gasteiger partial charge on any atom is 0.260 e. The molecule has 2 aromatic carbocycles. The molecule has 1 saturated heterocycles. The molecule has 3 rings (SSSR count). The highest BCUT2D eigenvalue weighted by molar-refractivity contribution is 6.32. The fourth-order valence-corrected chi connectivity index (χ4v) is 3.30. The van der Waals surface area contributed by atoms with Gasteiger partial charge >= 0.3 is 0 Å². The van der Waals surface area contributed by atoms with Crippen LogP contribution in [0.4, 0.5) is 4.39 Å². The maximum absolute atomic E-state index is 13.3. The SMILES string of the molecule is Cc1cc(OCC(=O)N2CCN(C(=O)c3cccc(F)c3)CC2)cc(C)c1Cl. The standard InChI is InChI=1S/C21H22ClFN2O3/c1-14-10-18(11-15(2)20(14)22)28-13-19(26)24-6-8-25(9-7-24)21(27)16-4-3-5-17(23)12-16/h3-5,10-12H,6-9,13H2,1-2H3. The minimum absolute atomic E-state index is 0.0711. The number of hydrogen-bond acceptors (Lipinski definition) is 3. The lowest BCUT2D eigenvalue weighted by Gasteiger charge is -2.34. The van der Waals surface area contributed by atoms with Gasteiger partial charge in [-0.3, -0.25) is 9.59 Å². The molecule has 0 unspecified atom stereocenters. The quantitative estimate of drug-likeness (QED) is 0.784. The van der Waals surface area contributed by atoms with E-state index in [1.807, 2.05) is 13.8 Å². The second kappa shape index (κ2) is 8.61. The Morgan fingerprint density at radius 3 is 2.25 bits per heavy atom. The van der Waals surface area contributed by atoms with Crippen LogP contribution in [-0.4, -0.2) is 54.4 Å². The second-order valence-electron chi connectivity index (χ2n) is 6.84. The first kappa shape index (κ1) is 20.1. The molecule has 0 bridgehead atoms. The second-order valence-corrected chi connectivity index (χ2v) is 7.22. The van der Waals surface area contributed by atoms with Gasteiger partial charge < -0.3 is 14.5 Å². The summed E-state index contributed by atoms with van der Waals surface area (Å²) in [5.41, 5.74) is 2.11. The first-order chi connectivity index (χ1) is 13.3. The predicted octanol–water partition coefficient (Wildman–Crippen LogP) is 3.46. The highest BCUT2D eigenvalue weighted by Gasteiger charge is 2.25. The van der Waals surface area contributed by atoms with Crippen molar-refractivity contribution in [1.29, 1.82) is 0 Å². The molecule has 1 aliphatic heterocycles. The van der Waals surface area contributed by atoms with E-state index < -0.39 is 5.82 Å². The van der Waals surface area contributed by atoms with Crippen LogP contribution in [-0.2, 0) is 4.79 Å². The van der Waals surface area contributed by atoms with Crippen LogP contribution in [0.25, 0.3) is 0 Å². The first-order valence-electron chi connectivity index (χ1n) is 9.07. The van der Waals surface area contributed by atoms with E-state index in [1.165, 1.54) is 18.2 Å². The Morgan fingerprint density at radius 1 is 1.04 bits per heavy atom. The largest absolute Gasteiger partial charge is 0.484 e. The number of ether oxygens (including phenoxy) is 1. The number of carbonyl (C=O) groups is 2. The minimum Gasteiger partial charge on any atom is -0.484 e. The molecule has 7 heteroatoms. The molecule has 0 N–H and O–H groups in total. The van der Waals surface area contributed by atoms with E-state index in [0.717, 1.165) is 11.1 Å². The van der Waals surface area contributed by atoms with Gasteiger partial charge in [-0.25, -0.2) is 4.39 Å². The summed E-state index contributed by atoms with van der Waals surface area (Å²) in [4.78, 5) is 28.2. The van der Waals surface area contributed by atoms with Crippen molar-refractivity contribution in [1.82, 2.24) is 9.80 Å². The highest BCUT2D eigenvalue weighted by atomic mass is 35.5. The van der Waals surface area contributed by atoms with Crippen LogP contribution in [0.2, 0.25) is 5.02 Å². The number of carbonyl (C=O) groups excluding carboxylic acids is 2. The van der Waals surface area contributed by atoms with E-state index in [9.17, 15) is 14.0 Å². The van der Waals surface area contributed by atoms with Crippen molar-refractivity contribution in [3.8, 4) is 5.75 Å². The van der Waals surface area contributed by atoms with Gasteiger partial charge in [0.2, 0.25) is 0 Å². The number of rotatable bonds is 4. The molecule has 0 spiro atoms. The first-order valence-corrected chi connectivity index (χ1v) is 9.45. The third kappa shape index (κ3) is 4.62. The van der Waals surface area contributed by atoms with Gasteiger partial charge in [-0.1, -0.05) is 17.7 Å². The molecule has 0 atom stereocenters. The van der Waals surface area contributed by atoms with Crippen LogP contribution in [0.15, 0.2) is 36.4 Å². The number of aryl methyl sites for hydroxylation is 2. The van der Waals surface area contributed by atoms with E-state index >= 15 is 0 Å². The van der Waals surface area contributed by atoms with E-state index in [4.69, 9.17) is 16.3 Å². The smallest absolute Gasteiger partial charge is 0.260 e. The van der Waals surface area contributed by atoms with Crippen molar-refractivity contribution in [2.45, 2.75) is 13.8 Å². The summed E-state index contributed by atoms with van der Waals surface area (Å²) in [6, 6.07) is 9.24. The van der Waals surface area contributed by atoms with Crippen LogP contribution in [0.5, 0.6) is 5.75 Å². The number of hydrogen-bond donors (Lipinski definition) is 0. The average molecular weight is 405 g/mol. The van der Waals surface area contributed by atoms with Gasteiger partial charge in [-0.15, -0.1) is 0 Å². The lowest BCUT2D eigenvalue weighted by molar-refractivity contribution is -0.134. The van der Waals surface area contributed by atoms with Crippen LogP contribution in [0.1, 0.15) is 21.5 Å². The predicted molar refractivity (Wildman–Crippen MR) is 105 cm³/mol. The fourth-order valence-electron chi connectivity index (χ4n) is 3.19. The van der Waals surface area contributed by atoms with Gasteiger partial charge in [0.25, 0.3) is 11.8 Å². The summed E-state index contributed by atoms with van der Waals surface area (Å²) in [6.45, 7) is 5.35. The molecular formula is C21H22ClFN2O3. The molecule has 148 valence electrons. The Hall–Kier alpha value is -2.60. The van der Waals surface area contributed by atoms with Crippen molar-refractivity contribution < 1.29 is 18.7 Å². The summed E-state index contributed by atoms with van der Waals surface area (Å²) >= 11 is 6.14. The van der Waals surface area contributed by atoms with Gasteiger partial charge in [-0.2, -0.15) is 0 Å². The van der Waals surface area contributed by atoms with Crippen molar-refractivity contribution in [3.63, 3.8) is 0 Å². The summed E-state index contributed by atoms with van der Waals surface area (Å²) in [5, 5.41) is 0.692. The van der Waals surface area contributed by atoms with Crippen molar-refractivity contribution in [2.24, 2.45) is 0 Å². The van der Waals surface area contributed by atoms with Crippen molar-refractivity contribution >= 4 is 23.4 Å². The topological polar surface area (TPSA) is 49.9 Å². The fraction of sp³-hybridized carbons (Fsp3) is 0.333. The number of nitrogens with zero attached hydrogens (tertiary/aromatic N) is 2. The zero-order valence-corrected chi connectivity index (χ0v) is 16.6. The molecule has 0 radical (unpaired) electrons. The van der Waals surface area contributed by atoms with Crippen molar-refractivity contribution in [2.75, 3.05) is 32.8 Å².